The number of rotatable bonds is 7. The van der Waals surface area contributed by atoms with Crippen LogP contribution in [-0.4, -0.2) is 22.5 Å². The van der Waals surface area contributed by atoms with Crippen LogP contribution < -0.4 is 14.8 Å². The lowest BCUT2D eigenvalue weighted by molar-refractivity contribution is 0.213. The summed E-state index contributed by atoms with van der Waals surface area (Å²) in [7, 11) is 0. The van der Waals surface area contributed by atoms with Crippen molar-refractivity contribution in [1.29, 1.82) is 0 Å². The summed E-state index contributed by atoms with van der Waals surface area (Å²) in [6, 6.07) is 16.3. The Hall–Kier alpha value is -2.99. The summed E-state index contributed by atoms with van der Waals surface area (Å²) in [5, 5.41) is 7.68. The van der Waals surface area contributed by atoms with Crippen LogP contribution in [0.3, 0.4) is 0 Å². The maximum absolute atomic E-state index is 12.1. The van der Waals surface area contributed by atoms with Crippen LogP contribution >= 0.6 is 11.6 Å². The van der Waals surface area contributed by atoms with Crippen LogP contribution in [0.4, 0.5) is 10.5 Å². The van der Waals surface area contributed by atoms with Crippen LogP contribution in [0.15, 0.2) is 54.6 Å². The van der Waals surface area contributed by atoms with Gasteiger partial charge in [-0.2, -0.15) is 0 Å². The molecule has 0 spiro atoms. The summed E-state index contributed by atoms with van der Waals surface area (Å²) in [5.74, 6) is 1.40. The minimum atomic E-state index is -0.593. The molecule has 152 valence electrons. The van der Waals surface area contributed by atoms with Crippen LogP contribution in [0.25, 0.3) is 0 Å². The number of carbonyl (C=O) groups is 1. The summed E-state index contributed by atoms with van der Waals surface area (Å²) in [5.41, 5.74) is 2.41. The van der Waals surface area contributed by atoms with Crippen LogP contribution in [0, 0.1) is 12.8 Å². The highest BCUT2D eigenvalue weighted by Crippen LogP contribution is 2.25. The molecule has 0 aliphatic heterocycles. The number of benzene rings is 2. The lowest BCUT2D eigenvalue weighted by atomic mass is 10.2. The molecule has 7 heteroatoms. The van der Waals surface area contributed by atoms with Crippen LogP contribution in [0.1, 0.15) is 25.1 Å². The van der Waals surface area contributed by atoms with Gasteiger partial charge in [0.25, 0.3) is 0 Å². The zero-order valence-electron chi connectivity index (χ0n) is 16.7. The smallest absolute Gasteiger partial charge is 0.418 e. The average molecular weight is 414 g/mol. The second-order valence-corrected chi connectivity index (χ2v) is 7.56. The molecule has 1 heterocycles. The third kappa shape index (κ3) is 5.99. The van der Waals surface area contributed by atoms with Gasteiger partial charge in [0.15, 0.2) is 0 Å². The molecule has 0 aliphatic rings. The molecular formula is C22H24ClN3O3. The molecule has 0 radical (unpaired) electrons. The van der Waals surface area contributed by atoms with Gasteiger partial charge in [-0.05, 0) is 43.2 Å². The number of para-hydroxylation sites is 1. The highest BCUT2D eigenvalue weighted by atomic mass is 35.5. The summed E-state index contributed by atoms with van der Waals surface area (Å²) in [6.45, 7) is 7.15. The first kappa shape index (κ1) is 20.7. The molecule has 2 aromatic carbocycles. The Morgan fingerprint density at radius 2 is 1.93 bits per heavy atom. The second kappa shape index (κ2) is 9.47. The molecule has 0 fully saturated rings. The van der Waals surface area contributed by atoms with Gasteiger partial charge in [-0.15, -0.1) is 5.10 Å². The van der Waals surface area contributed by atoms with Gasteiger partial charge >= 0.3 is 6.09 Å². The molecule has 6 nitrogen and oxygen atoms in total. The van der Waals surface area contributed by atoms with E-state index >= 15 is 0 Å². The fraction of sp³-hybridized carbons (Fsp3) is 0.273. The quantitative estimate of drug-likeness (QED) is 0.552. The number of carbonyl (C=O) groups excluding carboxylic acids is 1. The van der Waals surface area contributed by atoms with Crippen molar-refractivity contribution in [2.45, 2.75) is 27.3 Å². The molecule has 1 amide bonds. The molecule has 1 N–H and O–H groups in total. The molecule has 0 saturated carbocycles. The van der Waals surface area contributed by atoms with E-state index in [4.69, 9.17) is 21.1 Å². The molecule has 0 unspecified atom stereocenters. The van der Waals surface area contributed by atoms with E-state index in [0.717, 1.165) is 17.0 Å². The topological polar surface area (TPSA) is 65.4 Å². The van der Waals surface area contributed by atoms with E-state index in [1.165, 1.54) is 0 Å². The minimum absolute atomic E-state index is 0.225. The van der Waals surface area contributed by atoms with Crippen LogP contribution in [0.2, 0.25) is 5.02 Å². The molecule has 0 aliphatic carbocycles. The van der Waals surface area contributed by atoms with E-state index in [-0.39, 0.29) is 5.88 Å². The zero-order chi connectivity index (χ0) is 20.8. The second-order valence-electron chi connectivity index (χ2n) is 7.12. The third-order valence-corrected chi connectivity index (χ3v) is 4.33. The number of ether oxygens (including phenoxy) is 2. The van der Waals surface area contributed by atoms with Gasteiger partial charge in [0.1, 0.15) is 5.75 Å². The van der Waals surface area contributed by atoms with Crippen LogP contribution in [-0.2, 0) is 6.54 Å². The van der Waals surface area contributed by atoms with Gasteiger partial charge in [-0.3, -0.25) is 10.00 Å². The predicted octanol–water partition coefficient (Wildman–Crippen LogP) is 5.54. The van der Waals surface area contributed by atoms with Crippen molar-refractivity contribution in [2.24, 2.45) is 5.92 Å². The lowest BCUT2D eigenvalue weighted by Crippen LogP contribution is -2.17. The molecule has 29 heavy (non-hydrogen) atoms. The normalized spacial score (nSPS) is 10.8. The molecule has 0 bridgehead atoms. The molecule has 1 aromatic heterocycles. The number of aryl methyl sites for hydroxylation is 1. The van der Waals surface area contributed by atoms with E-state index < -0.39 is 6.09 Å². The monoisotopic (exact) mass is 413 g/mol. The van der Waals surface area contributed by atoms with E-state index in [1.54, 1.807) is 28.9 Å². The highest BCUT2D eigenvalue weighted by molar-refractivity contribution is 6.30. The van der Waals surface area contributed by atoms with Crippen molar-refractivity contribution < 1.29 is 14.3 Å². The molecule has 0 saturated heterocycles. The lowest BCUT2D eigenvalue weighted by Gasteiger charge is -2.14. The van der Waals surface area contributed by atoms with Crippen molar-refractivity contribution >= 4 is 23.4 Å². The van der Waals surface area contributed by atoms with Crippen LogP contribution in [0.5, 0.6) is 11.6 Å². The predicted molar refractivity (Wildman–Crippen MR) is 114 cm³/mol. The zero-order valence-corrected chi connectivity index (χ0v) is 17.4. The number of hydrogen-bond donors (Lipinski definition) is 1. The summed E-state index contributed by atoms with van der Waals surface area (Å²) in [4.78, 5) is 12.1. The number of nitrogens with zero attached hydrogens (tertiary/aromatic N) is 2. The highest BCUT2D eigenvalue weighted by Gasteiger charge is 2.13. The Labute approximate surface area is 175 Å². The largest absolute Gasteiger partial charge is 0.493 e. The third-order valence-electron chi connectivity index (χ3n) is 4.09. The maximum Gasteiger partial charge on any atom is 0.418 e. The summed E-state index contributed by atoms with van der Waals surface area (Å²) >= 11 is 6.17. The Balaban J connectivity index is 1.70. The Morgan fingerprint density at radius 3 is 2.66 bits per heavy atom. The molecular weight excluding hydrogens is 390 g/mol. The van der Waals surface area contributed by atoms with Gasteiger partial charge in [-0.1, -0.05) is 43.6 Å². The number of hydrogen-bond acceptors (Lipinski definition) is 4. The van der Waals surface area contributed by atoms with Crippen molar-refractivity contribution in [1.82, 2.24) is 9.78 Å². The average Bonchev–Trinajstić information content (AvgIpc) is 3.00. The number of aromatic nitrogens is 2. The Kier molecular flexibility index (Phi) is 6.77. The van der Waals surface area contributed by atoms with E-state index in [2.05, 4.69) is 24.3 Å². The molecule has 3 rings (SSSR count). The van der Waals surface area contributed by atoms with Gasteiger partial charge < -0.3 is 9.47 Å². The van der Waals surface area contributed by atoms with Gasteiger partial charge in [0.2, 0.25) is 5.88 Å². The van der Waals surface area contributed by atoms with Crippen molar-refractivity contribution in [3.8, 4) is 11.6 Å². The summed E-state index contributed by atoms with van der Waals surface area (Å²) < 4.78 is 13.0. The first-order chi connectivity index (χ1) is 13.9. The van der Waals surface area contributed by atoms with E-state index in [9.17, 15) is 4.79 Å². The Morgan fingerprint density at radius 1 is 1.17 bits per heavy atom. The number of nitrogens with one attached hydrogen (secondary N) is 1. The standard InChI is InChI=1S/C22H24ClN3O3/c1-15(2)14-28-20-10-9-18(23)12-17(20)13-26-16(3)11-21(25-26)29-22(27)24-19-7-5-4-6-8-19/h4-12,15H,13-14H2,1-3H3,(H,24,27). The fourth-order valence-corrected chi connectivity index (χ4v) is 2.87. The first-order valence-corrected chi connectivity index (χ1v) is 9.78. The minimum Gasteiger partial charge on any atom is -0.493 e. The summed E-state index contributed by atoms with van der Waals surface area (Å²) in [6.07, 6.45) is -0.593. The maximum atomic E-state index is 12.1. The molecule has 0 atom stereocenters. The first-order valence-electron chi connectivity index (χ1n) is 9.40. The number of halogens is 1. The van der Waals surface area contributed by atoms with Crippen molar-refractivity contribution in [3.05, 3.63) is 70.9 Å². The van der Waals surface area contributed by atoms with Gasteiger partial charge in [-0.25, -0.2) is 4.79 Å². The number of anilines is 1. The SMILES string of the molecule is Cc1cc(OC(=O)Nc2ccccc2)nn1Cc1cc(Cl)ccc1OCC(C)C. The van der Waals surface area contributed by atoms with Gasteiger partial charge in [0.05, 0.1) is 13.2 Å². The van der Waals surface area contributed by atoms with Crippen molar-refractivity contribution in [3.63, 3.8) is 0 Å². The van der Waals surface area contributed by atoms with Gasteiger partial charge in [0, 0.05) is 28.0 Å². The number of amides is 1. The Bertz CT molecular complexity index is 971. The van der Waals surface area contributed by atoms with E-state index in [0.29, 0.717) is 29.8 Å². The fourth-order valence-electron chi connectivity index (χ4n) is 2.68. The van der Waals surface area contributed by atoms with Crippen molar-refractivity contribution in [2.75, 3.05) is 11.9 Å². The van der Waals surface area contributed by atoms with E-state index in [1.807, 2.05) is 37.3 Å². The molecule has 3 aromatic rings.